The van der Waals surface area contributed by atoms with Crippen LogP contribution in [-0.4, -0.2) is 100 Å². The number of benzene rings is 1. The second-order valence-electron chi connectivity index (χ2n) is 7.06. The number of hydrogen-bond donors (Lipinski definition) is 4. The average molecular weight is 420 g/mol. The summed E-state index contributed by atoms with van der Waals surface area (Å²) in [5.74, 6) is -2.83. The Morgan fingerprint density at radius 3 is 2.27 bits per heavy atom. The number of carboxylic acids is 3. The highest BCUT2D eigenvalue weighted by molar-refractivity contribution is 5.87. The fourth-order valence-corrected chi connectivity index (χ4v) is 3.13. The van der Waals surface area contributed by atoms with Gasteiger partial charge in [0.15, 0.2) is 0 Å². The zero-order valence-corrected chi connectivity index (χ0v) is 16.7. The molecule has 10 heteroatoms. The molecule has 0 aliphatic carbocycles. The predicted octanol–water partition coefficient (Wildman–Crippen LogP) is 0.0344. The van der Waals surface area contributed by atoms with Crippen LogP contribution in [0.5, 0.6) is 0 Å². The monoisotopic (exact) mass is 420 g/mol. The van der Waals surface area contributed by atoms with Crippen molar-refractivity contribution in [3.8, 4) is 0 Å². The van der Waals surface area contributed by atoms with E-state index in [1.54, 1.807) is 29.4 Å². The largest absolute Gasteiger partial charge is 0.480 e. The second kappa shape index (κ2) is 11.8. The lowest BCUT2D eigenvalue weighted by atomic mass is 10.1. The summed E-state index contributed by atoms with van der Waals surface area (Å²) in [7, 11) is 0. The fourth-order valence-electron chi connectivity index (χ4n) is 3.13. The van der Waals surface area contributed by atoms with Crippen molar-refractivity contribution >= 4 is 17.9 Å². The van der Waals surface area contributed by atoms with E-state index >= 15 is 0 Å². The molecule has 30 heavy (non-hydrogen) atoms. The lowest BCUT2D eigenvalue weighted by molar-refractivity contribution is -0.139. The molecule has 0 bridgehead atoms. The maximum absolute atomic E-state index is 11.2. The molecule has 0 radical (unpaired) electrons. The zero-order valence-electron chi connectivity index (χ0n) is 16.7. The first-order chi connectivity index (χ1) is 14.3. The van der Waals surface area contributed by atoms with Gasteiger partial charge in [0, 0.05) is 58.2 Å². The quantitative estimate of drug-likeness (QED) is 0.479. The van der Waals surface area contributed by atoms with Crippen molar-refractivity contribution in [3.05, 3.63) is 47.8 Å². The maximum atomic E-state index is 11.2. The van der Waals surface area contributed by atoms with Gasteiger partial charge >= 0.3 is 17.9 Å². The van der Waals surface area contributed by atoms with Gasteiger partial charge in [-0.15, -0.1) is 0 Å². The molecule has 0 amide bonds. The van der Waals surface area contributed by atoms with Crippen LogP contribution >= 0.6 is 0 Å². The molecule has 0 unspecified atom stereocenters. The number of carbonyl (C=O) groups is 3. The van der Waals surface area contributed by atoms with E-state index in [1.165, 1.54) is 6.07 Å². The third-order valence-electron chi connectivity index (χ3n) is 4.63. The molecule has 1 aromatic rings. The Labute approximate surface area is 175 Å². The summed E-state index contributed by atoms with van der Waals surface area (Å²) >= 11 is 0. The fraction of sp³-hybridized carbons (Fsp3) is 0.450. The highest BCUT2D eigenvalue weighted by Gasteiger charge is 2.14. The highest BCUT2D eigenvalue weighted by Crippen LogP contribution is 2.10. The van der Waals surface area contributed by atoms with Crippen LogP contribution in [0.4, 0.5) is 0 Å². The summed E-state index contributed by atoms with van der Waals surface area (Å²) < 4.78 is 0. The molecule has 2 rings (SSSR count). The van der Waals surface area contributed by atoms with E-state index < -0.39 is 17.9 Å². The lowest BCUT2D eigenvalue weighted by Gasteiger charge is -2.28. The van der Waals surface area contributed by atoms with Crippen LogP contribution in [0.1, 0.15) is 15.9 Å². The van der Waals surface area contributed by atoms with Gasteiger partial charge in [-0.1, -0.05) is 12.1 Å². The van der Waals surface area contributed by atoms with Gasteiger partial charge in [0.05, 0.1) is 12.1 Å². The molecule has 0 saturated carbocycles. The van der Waals surface area contributed by atoms with Crippen molar-refractivity contribution in [2.75, 3.05) is 52.4 Å². The molecule has 0 saturated heterocycles. The van der Waals surface area contributed by atoms with Crippen molar-refractivity contribution < 1.29 is 29.7 Å². The summed E-state index contributed by atoms with van der Waals surface area (Å²) in [4.78, 5) is 39.0. The molecule has 0 atom stereocenters. The molecule has 0 fully saturated rings. The first kappa shape index (κ1) is 23.2. The molecule has 4 N–H and O–H groups in total. The first-order valence-corrected chi connectivity index (χ1v) is 9.69. The Kier molecular flexibility index (Phi) is 9.10. The van der Waals surface area contributed by atoms with Gasteiger partial charge in [0.25, 0.3) is 0 Å². The van der Waals surface area contributed by atoms with E-state index in [4.69, 9.17) is 10.2 Å². The van der Waals surface area contributed by atoms with Crippen molar-refractivity contribution in [1.82, 2.24) is 20.0 Å². The summed E-state index contributed by atoms with van der Waals surface area (Å²) in [6, 6.07) is 6.62. The Hall–Kier alpha value is -3.11. The molecule has 0 aromatic heterocycles. The maximum Gasteiger partial charge on any atom is 0.335 e. The van der Waals surface area contributed by atoms with E-state index in [0.717, 1.165) is 5.56 Å². The number of hydrogen-bond acceptors (Lipinski definition) is 7. The van der Waals surface area contributed by atoms with Gasteiger partial charge in [0.2, 0.25) is 0 Å². The minimum Gasteiger partial charge on any atom is -0.480 e. The summed E-state index contributed by atoms with van der Waals surface area (Å²) in [5, 5.41) is 30.7. The highest BCUT2D eigenvalue weighted by atomic mass is 16.4. The van der Waals surface area contributed by atoms with Gasteiger partial charge in [0.1, 0.15) is 6.54 Å². The van der Waals surface area contributed by atoms with Gasteiger partial charge in [-0.25, -0.2) is 4.79 Å². The number of nitrogens with zero attached hydrogens (tertiary/aromatic N) is 3. The van der Waals surface area contributed by atoms with Crippen molar-refractivity contribution in [2.45, 2.75) is 6.54 Å². The zero-order chi connectivity index (χ0) is 21.9. The van der Waals surface area contributed by atoms with Crippen LogP contribution in [0.15, 0.2) is 36.7 Å². The standard InChI is InChI=1S/C20H28N4O6/c25-18(26)14-22-6-4-21-5-7-23(15-19(27)28)9-11-24(10-8-22)13-16-2-1-3-17(12-16)20(29)30/h1-3,8,10,12,21H,4-7,9,11,13-15H2,(H,25,26)(H,27,28)(H,29,30)/b10-8-. The van der Waals surface area contributed by atoms with E-state index in [2.05, 4.69) is 5.32 Å². The van der Waals surface area contributed by atoms with Crippen LogP contribution in [-0.2, 0) is 16.1 Å². The van der Waals surface area contributed by atoms with Crippen molar-refractivity contribution in [1.29, 1.82) is 0 Å². The van der Waals surface area contributed by atoms with Crippen molar-refractivity contribution in [2.24, 2.45) is 0 Å². The van der Waals surface area contributed by atoms with Crippen LogP contribution < -0.4 is 5.32 Å². The molecule has 1 heterocycles. The minimum absolute atomic E-state index is 0.0706. The lowest BCUT2D eigenvalue weighted by Crippen LogP contribution is -2.42. The average Bonchev–Trinajstić information content (AvgIpc) is 2.67. The van der Waals surface area contributed by atoms with Crippen LogP contribution in [0, 0.1) is 0 Å². The van der Waals surface area contributed by atoms with E-state index in [0.29, 0.717) is 45.8 Å². The number of rotatable bonds is 7. The Morgan fingerprint density at radius 2 is 1.57 bits per heavy atom. The molecule has 164 valence electrons. The van der Waals surface area contributed by atoms with Crippen molar-refractivity contribution in [3.63, 3.8) is 0 Å². The number of carboxylic acid groups (broad SMARTS) is 3. The second-order valence-corrected chi connectivity index (χ2v) is 7.06. The predicted molar refractivity (Wildman–Crippen MR) is 109 cm³/mol. The van der Waals surface area contributed by atoms with Crippen LogP contribution in [0.2, 0.25) is 0 Å². The minimum atomic E-state index is -1.01. The van der Waals surface area contributed by atoms with Crippen LogP contribution in [0.25, 0.3) is 0 Å². The number of aliphatic carboxylic acids is 2. The van der Waals surface area contributed by atoms with Gasteiger partial charge in [-0.05, 0) is 17.7 Å². The molecule has 1 aliphatic rings. The topological polar surface area (TPSA) is 134 Å². The van der Waals surface area contributed by atoms with Gasteiger partial charge < -0.3 is 30.4 Å². The Balaban J connectivity index is 2.19. The third-order valence-corrected chi connectivity index (χ3v) is 4.63. The van der Waals surface area contributed by atoms with Gasteiger partial charge in [-0.2, -0.15) is 0 Å². The SMILES string of the molecule is O=C(O)CN1/C=C\N(Cc2cccc(C(=O)O)c2)CCN(CC(=O)O)CCNCC1. The number of nitrogens with one attached hydrogen (secondary N) is 1. The van der Waals surface area contributed by atoms with Gasteiger partial charge in [-0.3, -0.25) is 14.5 Å². The third kappa shape index (κ3) is 8.50. The molecule has 1 aromatic carbocycles. The Bertz CT molecular complexity index is 769. The summed E-state index contributed by atoms with van der Waals surface area (Å²) in [6.07, 6.45) is 3.48. The normalized spacial score (nSPS) is 17.6. The molecule has 0 spiro atoms. The number of aromatic carboxylic acids is 1. The molecular weight excluding hydrogens is 392 g/mol. The van der Waals surface area contributed by atoms with E-state index in [9.17, 15) is 19.5 Å². The smallest absolute Gasteiger partial charge is 0.335 e. The molecule has 10 nitrogen and oxygen atoms in total. The summed E-state index contributed by atoms with van der Waals surface area (Å²) in [5.41, 5.74) is 0.986. The van der Waals surface area contributed by atoms with E-state index in [1.807, 2.05) is 15.9 Å². The first-order valence-electron chi connectivity index (χ1n) is 9.69. The summed E-state index contributed by atoms with van der Waals surface area (Å²) in [6.45, 7) is 3.42. The van der Waals surface area contributed by atoms with Crippen LogP contribution in [0.3, 0.4) is 0 Å². The Morgan fingerprint density at radius 1 is 0.867 bits per heavy atom. The molecular formula is C20H28N4O6. The van der Waals surface area contributed by atoms with E-state index in [-0.39, 0.29) is 18.7 Å². The molecule has 1 aliphatic heterocycles.